The number of amides is 2. The Balaban J connectivity index is 1.86. The summed E-state index contributed by atoms with van der Waals surface area (Å²) in [6.07, 6.45) is 3.54. The minimum Gasteiger partial charge on any atom is -0.444 e. The van der Waals surface area contributed by atoms with Crippen molar-refractivity contribution >= 4 is 12.0 Å². The summed E-state index contributed by atoms with van der Waals surface area (Å²) in [7, 11) is 0. The maximum absolute atomic E-state index is 12.0. The van der Waals surface area contributed by atoms with Gasteiger partial charge in [-0.2, -0.15) is 0 Å². The molecule has 0 aromatic carbocycles. The van der Waals surface area contributed by atoms with Gasteiger partial charge in [-0.3, -0.25) is 9.78 Å². The molecule has 6 nitrogen and oxygen atoms in total. The van der Waals surface area contributed by atoms with Crippen LogP contribution in [0.25, 0.3) is 0 Å². The molecule has 1 aliphatic heterocycles. The van der Waals surface area contributed by atoms with Crippen molar-refractivity contribution in [2.24, 2.45) is 0 Å². The average molecular weight is 291 g/mol. The number of rotatable bonds is 2. The second-order valence-electron chi connectivity index (χ2n) is 6.13. The van der Waals surface area contributed by atoms with Crippen molar-refractivity contribution in [3.63, 3.8) is 0 Å². The maximum Gasteiger partial charge on any atom is 0.410 e. The maximum atomic E-state index is 12.0. The Morgan fingerprint density at radius 3 is 2.81 bits per heavy atom. The molecule has 1 N–H and O–H groups in total. The molecule has 1 atom stereocenters. The van der Waals surface area contributed by atoms with E-state index in [9.17, 15) is 9.59 Å². The SMILES string of the molecule is CC(C)(C)OC(=O)N1CCC(NC(=O)c2cccnc2)C1. The molecule has 0 saturated carbocycles. The van der Waals surface area contributed by atoms with Crippen LogP contribution in [0.5, 0.6) is 0 Å². The summed E-state index contributed by atoms with van der Waals surface area (Å²) in [5.74, 6) is -0.167. The lowest BCUT2D eigenvalue weighted by molar-refractivity contribution is 0.0290. The number of carbonyl (C=O) groups excluding carboxylic acids is 2. The minimum atomic E-state index is -0.506. The molecule has 6 heteroatoms. The smallest absolute Gasteiger partial charge is 0.410 e. The summed E-state index contributed by atoms with van der Waals surface area (Å²) in [6, 6.07) is 3.38. The van der Waals surface area contributed by atoms with Gasteiger partial charge in [0.25, 0.3) is 5.91 Å². The number of nitrogens with one attached hydrogen (secondary N) is 1. The minimum absolute atomic E-state index is 0.0507. The fourth-order valence-corrected chi connectivity index (χ4v) is 2.14. The third-order valence-electron chi connectivity index (χ3n) is 3.10. The van der Waals surface area contributed by atoms with Crippen molar-refractivity contribution in [1.29, 1.82) is 0 Å². The molecule has 114 valence electrons. The van der Waals surface area contributed by atoms with Crippen LogP contribution in [0.1, 0.15) is 37.6 Å². The van der Waals surface area contributed by atoms with Gasteiger partial charge in [-0.05, 0) is 39.3 Å². The van der Waals surface area contributed by atoms with Gasteiger partial charge >= 0.3 is 6.09 Å². The Bertz CT molecular complexity index is 511. The van der Waals surface area contributed by atoms with Crippen molar-refractivity contribution in [2.45, 2.75) is 38.8 Å². The van der Waals surface area contributed by atoms with E-state index in [1.54, 1.807) is 23.2 Å². The number of hydrogen-bond donors (Lipinski definition) is 1. The molecule has 1 fully saturated rings. The first kappa shape index (κ1) is 15.3. The molecule has 1 aromatic rings. The summed E-state index contributed by atoms with van der Waals surface area (Å²) in [5.41, 5.74) is 0.0157. The third kappa shape index (κ3) is 4.44. The van der Waals surface area contributed by atoms with E-state index >= 15 is 0 Å². The molecule has 0 radical (unpaired) electrons. The first-order valence-electron chi connectivity index (χ1n) is 7.04. The van der Waals surface area contributed by atoms with Crippen LogP contribution in [-0.2, 0) is 4.74 Å². The van der Waals surface area contributed by atoms with Crippen LogP contribution in [-0.4, -0.2) is 46.6 Å². The molecule has 1 aromatic heterocycles. The lowest BCUT2D eigenvalue weighted by Gasteiger charge is -2.24. The summed E-state index contributed by atoms with van der Waals surface area (Å²) >= 11 is 0. The van der Waals surface area contributed by atoms with E-state index in [2.05, 4.69) is 10.3 Å². The van der Waals surface area contributed by atoms with Crippen molar-refractivity contribution < 1.29 is 14.3 Å². The van der Waals surface area contributed by atoms with Crippen LogP contribution in [0.2, 0.25) is 0 Å². The van der Waals surface area contributed by atoms with Gasteiger partial charge in [0, 0.05) is 31.5 Å². The summed E-state index contributed by atoms with van der Waals surface area (Å²) in [6.45, 7) is 6.57. The topological polar surface area (TPSA) is 71.5 Å². The number of nitrogens with zero attached hydrogens (tertiary/aromatic N) is 2. The fraction of sp³-hybridized carbons (Fsp3) is 0.533. The molecule has 1 saturated heterocycles. The number of pyridine rings is 1. The fourth-order valence-electron chi connectivity index (χ4n) is 2.14. The predicted molar refractivity (Wildman–Crippen MR) is 77.9 cm³/mol. The van der Waals surface area contributed by atoms with E-state index in [1.807, 2.05) is 20.8 Å². The highest BCUT2D eigenvalue weighted by Crippen LogP contribution is 2.15. The predicted octanol–water partition coefficient (Wildman–Crippen LogP) is 1.82. The van der Waals surface area contributed by atoms with E-state index < -0.39 is 5.60 Å². The van der Waals surface area contributed by atoms with Gasteiger partial charge in [0.1, 0.15) is 5.60 Å². The Morgan fingerprint density at radius 2 is 2.19 bits per heavy atom. The Morgan fingerprint density at radius 1 is 1.43 bits per heavy atom. The zero-order valence-corrected chi connectivity index (χ0v) is 12.6. The molecule has 0 spiro atoms. The molecule has 0 bridgehead atoms. The first-order chi connectivity index (χ1) is 9.85. The normalized spacial score (nSPS) is 18.4. The molecular formula is C15H21N3O3. The molecule has 2 heterocycles. The molecular weight excluding hydrogens is 270 g/mol. The number of likely N-dealkylation sites (tertiary alicyclic amines) is 1. The van der Waals surface area contributed by atoms with Crippen LogP contribution in [0.3, 0.4) is 0 Å². The van der Waals surface area contributed by atoms with Gasteiger partial charge in [-0.15, -0.1) is 0 Å². The zero-order valence-electron chi connectivity index (χ0n) is 12.6. The Kier molecular flexibility index (Phi) is 4.45. The van der Waals surface area contributed by atoms with Crippen molar-refractivity contribution in [1.82, 2.24) is 15.2 Å². The number of hydrogen-bond acceptors (Lipinski definition) is 4. The average Bonchev–Trinajstić information content (AvgIpc) is 2.86. The summed E-state index contributed by atoms with van der Waals surface area (Å²) in [4.78, 5) is 29.5. The summed E-state index contributed by atoms with van der Waals surface area (Å²) < 4.78 is 5.32. The van der Waals surface area contributed by atoms with E-state index in [4.69, 9.17) is 4.74 Å². The second kappa shape index (κ2) is 6.11. The van der Waals surface area contributed by atoms with Gasteiger partial charge in [0.15, 0.2) is 0 Å². The van der Waals surface area contributed by atoms with E-state index in [1.165, 1.54) is 6.20 Å². The standard InChI is InChI=1S/C15H21N3O3/c1-15(2,3)21-14(20)18-8-6-12(10-18)17-13(19)11-5-4-7-16-9-11/h4-5,7,9,12H,6,8,10H2,1-3H3,(H,17,19). The molecule has 2 rings (SSSR count). The Hall–Kier alpha value is -2.11. The molecule has 1 unspecified atom stereocenters. The molecule has 0 aliphatic carbocycles. The largest absolute Gasteiger partial charge is 0.444 e. The van der Waals surface area contributed by atoms with Crippen molar-refractivity contribution in [3.05, 3.63) is 30.1 Å². The second-order valence-corrected chi connectivity index (χ2v) is 6.13. The monoisotopic (exact) mass is 291 g/mol. The zero-order chi connectivity index (χ0) is 15.5. The highest BCUT2D eigenvalue weighted by molar-refractivity contribution is 5.94. The van der Waals surface area contributed by atoms with Gasteiger partial charge < -0.3 is 15.0 Å². The van der Waals surface area contributed by atoms with Crippen LogP contribution >= 0.6 is 0 Å². The highest BCUT2D eigenvalue weighted by Gasteiger charge is 2.30. The van der Waals surface area contributed by atoms with Crippen LogP contribution in [0.4, 0.5) is 4.79 Å². The molecule has 1 aliphatic rings. The van der Waals surface area contributed by atoms with Gasteiger partial charge in [-0.25, -0.2) is 4.79 Å². The van der Waals surface area contributed by atoms with Gasteiger partial charge in [-0.1, -0.05) is 0 Å². The number of aromatic nitrogens is 1. The van der Waals surface area contributed by atoms with E-state index in [-0.39, 0.29) is 18.0 Å². The van der Waals surface area contributed by atoms with Crippen molar-refractivity contribution in [3.8, 4) is 0 Å². The number of ether oxygens (including phenoxy) is 1. The molecule has 2 amide bonds. The quantitative estimate of drug-likeness (QED) is 0.902. The highest BCUT2D eigenvalue weighted by atomic mass is 16.6. The van der Waals surface area contributed by atoms with E-state index in [0.29, 0.717) is 18.7 Å². The van der Waals surface area contributed by atoms with Gasteiger partial charge in [0.2, 0.25) is 0 Å². The first-order valence-corrected chi connectivity index (χ1v) is 7.04. The van der Waals surface area contributed by atoms with Crippen LogP contribution < -0.4 is 5.32 Å². The van der Waals surface area contributed by atoms with Crippen molar-refractivity contribution in [2.75, 3.05) is 13.1 Å². The summed E-state index contributed by atoms with van der Waals surface area (Å²) in [5, 5.41) is 2.91. The van der Waals surface area contributed by atoms with Gasteiger partial charge in [0.05, 0.1) is 5.56 Å². The van der Waals surface area contributed by atoms with Crippen LogP contribution in [0, 0.1) is 0 Å². The Labute approximate surface area is 124 Å². The lowest BCUT2D eigenvalue weighted by atomic mass is 10.2. The van der Waals surface area contributed by atoms with Crippen LogP contribution in [0.15, 0.2) is 24.5 Å². The third-order valence-corrected chi connectivity index (χ3v) is 3.10. The van der Waals surface area contributed by atoms with E-state index in [0.717, 1.165) is 6.42 Å². The molecule has 21 heavy (non-hydrogen) atoms. The number of carbonyl (C=O) groups is 2. The lowest BCUT2D eigenvalue weighted by Crippen LogP contribution is -2.40.